The van der Waals surface area contributed by atoms with Crippen LogP contribution < -0.4 is 5.56 Å². The number of aromatic hydroxyl groups is 1. The summed E-state index contributed by atoms with van der Waals surface area (Å²) < 4.78 is 0. The molecule has 100 valence electrons. The van der Waals surface area contributed by atoms with Gasteiger partial charge in [0.25, 0.3) is 5.56 Å². The van der Waals surface area contributed by atoms with Gasteiger partial charge in [-0.15, -0.1) is 11.8 Å². The maximum atomic E-state index is 11.7. The van der Waals surface area contributed by atoms with Crippen molar-refractivity contribution < 1.29 is 5.11 Å². The van der Waals surface area contributed by atoms with E-state index in [2.05, 4.69) is 9.97 Å². The number of hydrogen-bond donors (Lipinski definition) is 2. The Labute approximate surface area is 115 Å². The largest absolute Gasteiger partial charge is 0.493 e. The lowest BCUT2D eigenvalue weighted by Gasteiger charge is -2.05. The number of aromatic amines is 1. The third-order valence-electron chi connectivity index (χ3n) is 2.79. The summed E-state index contributed by atoms with van der Waals surface area (Å²) >= 11 is 1.57. The number of benzene rings is 1. The van der Waals surface area contributed by atoms with Gasteiger partial charge >= 0.3 is 0 Å². The van der Waals surface area contributed by atoms with E-state index in [9.17, 15) is 9.90 Å². The zero-order chi connectivity index (χ0) is 13.8. The van der Waals surface area contributed by atoms with Crippen molar-refractivity contribution in [1.29, 1.82) is 0 Å². The molecule has 2 aromatic rings. The number of aromatic nitrogens is 2. The quantitative estimate of drug-likeness (QED) is 0.843. The first kappa shape index (κ1) is 13.7. The number of thioether (sulfide) groups is 1. The van der Waals surface area contributed by atoms with Gasteiger partial charge in [0.05, 0.1) is 11.3 Å². The van der Waals surface area contributed by atoms with E-state index in [4.69, 9.17) is 0 Å². The van der Waals surface area contributed by atoms with Gasteiger partial charge in [0.1, 0.15) is 5.82 Å². The number of aryl methyl sites for hydroxylation is 1. The second-order valence-corrected chi connectivity index (χ2v) is 5.32. The maximum Gasteiger partial charge on any atom is 0.257 e. The summed E-state index contributed by atoms with van der Waals surface area (Å²) in [6.45, 7) is 3.85. The summed E-state index contributed by atoms with van der Waals surface area (Å²) in [6.07, 6.45) is 0.472. The van der Waals surface area contributed by atoms with Crippen LogP contribution in [0.1, 0.15) is 23.9 Å². The highest BCUT2D eigenvalue weighted by Gasteiger charge is 2.08. The minimum atomic E-state index is -0.255. The van der Waals surface area contributed by atoms with Crippen molar-refractivity contribution in [3.8, 4) is 5.88 Å². The van der Waals surface area contributed by atoms with Crippen LogP contribution >= 0.6 is 11.8 Å². The van der Waals surface area contributed by atoms with Gasteiger partial charge in [0.2, 0.25) is 5.88 Å². The maximum absolute atomic E-state index is 11.7. The Hall–Kier alpha value is -1.75. The molecule has 0 spiro atoms. The van der Waals surface area contributed by atoms with Crippen LogP contribution in [0.5, 0.6) is 5.88 Å². The third-order valence-corrected chi connectivity index (χ3v) is 3.82. The van der Waals surface area contributed by atoms with Crippen LogP contribution in [0.15, 0.2) is 34.0 Å². The van der Waals surface area contributed by atoms with Crippen LogP contribution in [-0.2, 0) is 12.2 Å². The summed E-state index contributed by atoms with van der Waals surface area (Å²) in [5.74, 6) is 0.853. The lowest BCUT2D eigenvalue weighted by Crippen LogP contribution is -2.15. The summed E-state index contributed by atoms with van der Waals surface area (Å²) in [6, 6.07) is 8.13. The highest BCUT2D eigenvalue weighted by molar-refractivity contribution is 7.98. The molecule has 0 radical (unpaired) electrons. The third kappa shape index (κ3) is 3.38. The Morgan fingerprint density at radius 2 is 2.00 bits per heavy atom. The van der Waals surface area contributed by atoms with Crippen molar-refractivity contribution in [1.82, 2.24) is 9.97 Å². The molecule has 0 amide bonds. The standard InChI is InChI=1S/C14H16N2O2S/c1-3-11-13(17)15-12(16-14(11)18)8-19-10-6-4-9(2)5-7-10/h4-7H,3,8H2,1-2H3,(H2,15,16,17,18). The van der Waals surface area contributed by atoms with Gasteiger partial charge in [-0.1, -0.05) is 24.6 Å². The highest BCUT2D eigenvalue weighted by Crippen LogP contribution is 2.22. The first-order valence-electron chi connectivity index (χ1n) is 6.10. The molecule has 2 N–H and O–H groups in total. The molecule has 2 rings (SSSR count). The second-order valence-electron chi connectivity index (χ2n) is 4.27. The molecule has 1 aromatic heterocycles. The average molecular weight is 276 g/mol. The second kappa shape index (κ2) is 5.93. The lowest BCUT2D eigenvalue weighted by molar-refractivity contribution is 0.441. The number of rotatable bonds is 4. The van der Waals surface area contributed by atoms with Gasteiger partial charge in [-0.2, -0.15) is 4.98 Å². The molecule has 0 saturated heterocycles. The predicted octanol–water partition coefficient (Wildman–Crippen LogP) is 2.64. The van der Waals surface area contributed by atoms with Crippen molar-refractivity contribution in [2.24, 2.45) is 0 Å². The van der Waals surface area contributed by atoms with Gasteiger partial charge < -0.3 is 10.1 Å². The fourth-order valence-electron chi connectivity index (χ4n) is 1.70. The monoisotopic (exact) mass is 276 g/mol. The molecule has 0 aliphatic heterocycles. The summed E-state index contributed by atoms with van der Waals surface area (Å²) in [5.41, 5.74) is 1.29. The smallest absolute Gasteiger partial charge is 0.257 e. The van der Waals surface area contributed by atoms with E-state index >= 15 is 0 Å². The van der Waals surface area contributed by atoms with E-state index in [-0.39, 0.29) is 11.4 Å². The first-order chi connectivity index (χ1) is 9.10. The van der Waals surface area contributed by atoms with Gasteiger partial charge in [-0.05, 0) is 25.5 Å². The molecule has 5 heteroatoms. The molecule has 1 aromatic carbocycles. The van der Waals surface area contributed by atoms with E-state index in [0.29, 0.717) is 23.6 Å². The van der Waals surface area contributed by atoms with Crippen LogP contribution in [0, 0.1) is 6.92 Å². The van der Waals surface area contributed by atoms with Crippen LogP contribution in [0.25, 0.3) is 0 Å². The Kier molecular flexibility index (Phi) is 4.27. The van der Waals surface area contributed by atoms with Crippen molar-refractivity contribution in [2.45, 2.75) is 30.9 Å². The van der Waals surface area contributed by atoms with Crippen LogP contribution in [0.2, 0.25) is 0 Å². The molecule has 4 nitrogen and oxygen atoms in total. The predicted molar refractivity (Wildman–Crippen MR) is 76.6 cm³/mol. The highest BCUT2D eigenvalue weighted by atomic mass is 32.2. The van der Waals surface area contributed by atoms with Crippen molar-refractivity contribution >= 4 is 11.8 Å². The molecule has 0 aliphatic rings. The topological polar surface area (TPSA) is 66.0 Å². The van der Waals surface area contributed by atoms with Crippen LogP contribution in [-0.4, -0.2) is 15.1 Å². The minimum Gasteiger partial charge on any atom is -0.493 e. The van der Waals surface area contributed by atoms with Gasteiger partial charge in [-0.3, -0.25) is 4.79 Å². The minimum absolute atomic E-state index is 0.161. The van der Waals surface area contributed by atoms with Crippen LogP contribution in [0.3, 0.4) is 0 Å². The molecular formula is C14H16N2O2S. The average Bonchev–Trinajstić information content (AvgIpc) is 2.38. The van der Waals surface area contributed by atoms with Crippen molar-refractivity contribution in [3.63, 3.8) is 0 Å². The SMILES string of the molecule is CCc1c(O)nc(CSc2ccc(C)cc2)[nH]c1=O. The number of nitrogens with one attached hydrogen (secondary N) is 1. The Bertz CT molecular complexity index is 620. The summed E-state index contributed by atoms with van der Waals surface area (Å²) in [4.78, 5) is 19.5. The number of hydrogen-bond acceptors (Lipinski definition) is 4. The molecule has 0 aliphatic carbocycles. The zero-order valence-corrected chi connectivity index (χ0v) is 11.8. The molecule has 0 atom stereocenters. The fourth-order valence-corrected chi connectivity index (χ4v) is 2.47. The van der Waals surface area contributed by atoms with Crippen LogP contribution in [0.4, 0.5) is 0 Å². The Balaban J connectivity index is 2.12. The summed E-state index contributed by atoms with van der Waals surface area (Å²) in [7, 11) is 0. The van der Waals surface area contributed by atoms with Gasteiger partial charge in [-0.25, -0.2) is 0 Å². The normalized spacial score (nSPS) is 10.6. The summed E-state index contributed by atoms with van der Waals surface area (Å²) in [5, 5.41) is 9.67. The van der Waals surface area contributed by atoms with E-state index in [1.54, 1.807) is 11.8 Å². The first-order valence-corrected chi connectivity index (χ1v) is 7.09. The van der Waals surface area contributed by atoms with E-state index in [0.717, 1.165) is 4.90 Å². The molecule has 1 heterocycles. The number of nitrogens with zero attached hydrogens (tertiary/aromatic N) is 1. The molecule has 0 fully saturated rings. The molecule has 0 bridgehead atoms. The van der Waals surface area contributed by atoms with E-state index < -0.39 is 0 Å². The fraction of sp³-hybridized carbons (Fsp3) is 0.286. The van der Waals surface area contributed by atoms with Gasteiger partial charge in [0.15, 0.2) is 0 Å². The number of H-pyrrole nitrogens is 1. The zero-order valence-electron chi connectivity index (χ0n) is 10.9. The Morgan fingerprint density at radius 3 is 2.58 bits per heavy atom. The molecule has 19 heavy (non-hydrogen) atoms. The lowest BCUT2D eigenvalue weighted by atomic mass is 10.2. The van der Waals surface area contributed by atoms with Gasteiger partial charge in [0, 0.05) is 4.90 Å². The van der Waals surface area contributed by atoms with Crippen molar-refractivity contribution in [3.05, 3.63) is 51.6 Å². The van der Waals surface area contributed by atoms with E-state index in [1.165, 1.54) is 5.56 Å². The van der Waals surface area contributed by atoms with E-state index in [1.807, 2.05) is 38.1 Å². The Morgan fingerprint density at radius 1 is 1.32 bits per heavy atom. The molecular weight excluding hydrogens is 260 g/mol. The van der Waals surface area contributed by atoms with Crippen molar-refractivity contribution in [2.75, 3.05) is 0 Å². The molecule has 0 unspecified atom stereocenters. The molecule has 0 saturated carbocycles.